The van der Waals surface area contributed by atoms with Crippen LogP contribution in [-0.4, -0.2) is 126 Å². The highest BCUT2D eigenvalue weighted by atomic mass is 16.7. The quantitative estimate of drug-likeness (QED) is 0.169. The first kappa shape index (κ1) is 40.0. The zero-order valence-electron chi connectivity index (χ0n) is 33.0. The number of hydrogen-bond acceptors (Lipinski definition) is 13. The van der Waals surface area contributed by atoms with E-state index >= 15 is 0 Å². The average Bonchev–Trinajstić information content (AvgIpc) is 3.66. The van der Waals surface area contributed by atoms with Crippen molar-refractivity contribution in [2.24, 2.45) is 34.5 Å². The van der Waals surface area contributed by atoms with Crippen molar-refractivity contribution in [1.82, 2.24) is 0 Å². The van der Waals surface area contributed by atoms with Gasteiger partial charge in [-0.25, -0.2) is 0 Å². The van der Waals surface area contributed by atoms with Crippen LogP contribution in [0.2, 0.25) is 0 Å². The summed E-state index contributed by atoms with van der Waals surface area (Å²) in [7, 11) is 3.05. The van der Waals surface area contributed by atoms with Gasteiger partial charge in [0.1, 0.15) is 47.5 Å². The molecule has 7 rings (SSSR count). The molecule has 3 saturated heterocycles. The van der Waals surface area contributed by atoms with E-state index in [4.69, 9.17) is 37.9 Å². The lowest BCUT2D eigenvalue weighted by atomic mass is 9.43. The second-order valence-corrected chi connectivity index (χ2v) is 18.0. The Labute approximate surface area is 314 Å². The normalized spacial score (nSPS) is 53.8. The summed E-state index contributed by atoms with van der Waals surface area (Å²) in [5, 5.41) is 33.8. The number of hydrogen-bond donors (Lipinski definition) is 3. The molecule has 302 valence electrons. The molecule has 3 N–H and O–H groups in total. The van der Waals surface area contributed by atoms with E-state index in [1.165, 1.54) is 7.11 Å². The van der Waals surface area contributed by atoms with E-state index in [-0.39, 0.29) is 46.9 Å². The SMILES string of the molecule is CCC(C)C(=O)O[C@@H]1[C@@H](O)[C@@H]2[C@@]3(C)CC[C@H](O[C@H]4C[C@@H](OC)[C@H](O[C@@H]5O[C@H](C)[C@@H](O)[C@@H](OC)[C@H]5O)[C@@H](C)O4)C[C@@H]3CC[C@]23O[C@@]32CC[C@@H](C(C)=O)[C@@]12C. The maximum absolute atomic E-state index is 13.4. The summed E-state index contributed by atoms with van der Waals surface area (Å²) in [5.74, 6) is -0.943. The maximum Gasteiger partial charge on any atom is 0.309 e. The lowest BCUT2D eigenvalue weighted by Gasteiger charge is -2.61. The topological polar surface area (TPSA) is 172 Å². The number of rotatable bonds is 10. The molecule has 0 radical (unpaired) electrons. The van der Waals surface area contributed by atoms with Gasteiger partial charge in [-0.3, -0.25) is 9.59 Å². The molecule has 0 amide bonds. The number of aliphatic hydroxyl groups is 3. The number of Topliss-reactive ketones (excluding diaryl/α,β-unsaturated/α-hetero) is 1. The van der Waals surface area contributed by atoms with Gasteiger partial charge >= 0.3 is 5.97 Å². The van der Waals surface area contributed by atoms with Crippen molar-refractivity contribution in [2.75, 3.05) is 14.2 Å². The largest absolute Gasteiger partial charge is 0.459 e. The number of aliphatic hydroxyl groups excluding tert-OH is 3. The summed E-state index contributed by atoms with van der Waals surface area (Å²) in [5.41, 5.74) is -2.26. The van der Waals surface area contributed by atoms with Crippen LogP contribution < -0.4 is 0 Å². The van der Waals surface area contributed by atoms with E-state index in [0.717, 1.165) is 38.5 Å². The van der Waals surface area contributed by atoms with Crippen LogP contribution >= 0.6 is 0 Å². The molecule has 53 heavy (non-hydrogen) atoms. The smallest absolute Gasteiger partial charge is 0.309 e. The number of epoxide rings is 1. The van der Waals surface area contributed by atoms with E-state index in [2.05, 4.69) is 6.92 Å². The monoisotopic (exact) mass is 752 g/mol. The summed E-state index contributed by atoms with van der Waals surface area (Å²) in [6.45, 7) is 13.3. The predicted octanol–water partition coefficient (Wildman–Crippen LogP) is 3.45. The minimum atomic E-state index is -1.20. The summed E-state index contributed by atoms with van der Waals surface area (Å²) in [4.78, 5) is 26.5. The fourth-order valence-corrected chi connectivity index (χ4v) is 12.4. The highest BCUT2D eigenvalue weighted by Crippen LogP contribution is 2.81. The Morgan fingerprint density at radius 2 is 1.60 bits per heavy atom. The summed E-state index contributed by atoms with van der Waals surface area (Å²) < 4.78 is 49.7. The van der Waals surface area contributed by atoms with Crippen molar-refractivity contribution < 1.29 is 62.8 Å². The molecule has 13 heteroatoms. The molecule has 0 bridgehead atoms. The Morgan fingerprint density at radius 1 is 0.868 bits per heavy atom. The lowest BCUT2D eigenvalue weighted by molar-refractivity contribution is -0.343. The van der Waals surface area contributed by atoms with Crippen LogP contribution in [0.3, 0.4) is 0 Å². The number of esters is 1. The second kappa shape index (κ2) is 14.3. The van der Waals surface area contributed by atoms with Gasteiger partial charge in [0, 0.05) is 37.9 Å². The third-order valence-corrected chi connectivity index (χ3v) is 15.5. The Balaban J connectivity index is 1.05. The number of ketones is 1. The molecule has 4 aliphatic carbocycles. The molecule has 1 unspecified atom stereocenters. The molecule has 3 heterocycles. The molecular formula is C40H64O13. The van der Waals surface area contributed by atoms with Gasteiger partial charge in [-0.15, -0.1) is 0 Å². The molecule has 2 spiro atoms. The van der Waals surface area contributed by atoms with Gasteiger partial charge in [-0.2, -0.15) is 0 Å². The van der Waals surface area contributed by atoms with Crippen LogP contribution in [0.15, 0.2) is 0 Å². The second-order valence-electron chi connectivity index (χ2n) is 18.0. The standard InChI is InChI=1S/C40H64O13/c1-10-19(2)35(45)52-34-30(44)33-37(6)14-12-24(17-23(37)11-15-39(33)40(53-39)16-13-25(20(3)41)38(34,40)7)50-27-18-26(46-8)31(22(5)48-27)51-36-29(43)32(47-9)28(42)21(4)49-36/h19,21-34,36,42-44H,10-18H2,1-9H3/t19?,21-,22-,23+,24+,25+,26-,27+,28-,29-,30+,31-,32-,33-,34-,36+,37+,38+,39+,40-/m1/s1. The van der Waals surface area contributed by atoms with Gasteiger partial charge < -0.3 is 53.2 Å². The first-order chi connectivity index (χ1) is 25.0. The minimum Gasteiger partial charge on any atom is -0.459 e. The molecule has 3 aliphatic heterocycles. The molecule has 0 aromatic rings. The molecule has 4 saturated carbocycles. The lowest BCUT2D eigenvalue weighted by Crippen LogP contribution is -2.70. The van der Waals surface area contributed by atoms with E-state index < -0.39 is 84.1 Å². The number of methoxy groups -OCH3 is 2. The third kappa shape index (κ3) is 5.92. The van der Waals surface area contributed by atoms with Crippen molar-refractivity contribution in [1.29, 1.82) is 0 Å². The van der Waals surface area contributed by atoms with Gasteiger partial charge in [0.2, 0.25) is 0 Å². The van der Waals surface area contributed by atoms with Crippen LogP contribution in [-0.2, 0) is 47.5 Å². The van der Waals surface area contributed by atoms with Crippen LogP contribution in [0.1, 0.15) is 106 Å². The van der Waals surface area contributed by atoms with E-state index in [0.29, 0.717) is 19.3 Å². The Morgan fingerprint density at radius 3 is 2.26 bits per heavy atom. The zero-order valence-corrected chi connectivity index (χ0v) is 33.0. The summed E-state index contributed by atoms with van der Waals surface area (Å²) >= 11 is 0. The van der Waals surface area contributed by atoms with Crippen molar-refractivity contribution in [2.45, 2.75) is 191 Å². The van der Waals surface area contributed by atoms with E-state index in [1.807, 2.05) is 27.7 Å². The molecule has 7 fully saturated rings. The van der Waals surface area contributed by atoms with Crippen molar-refractivity contribution in [3.63, 3.8) is 0 Å². The molecule has 0 aromatic carbocycles. The number of ether oxygens (including phenoxy) is 8. The van der Waals surface area contributed by atoms with Gasteiger partial charge in [0.05, 0.1) is 36.4 Å². The van der Waals surface area contributed by atoms with E-state index in [1.54, 1.807) is 21.0 Å². The fraction of sp³-hybridized carbons (Fsp3) is 0.950. The van der Waals surface area contributed by atoms with Gasteiger partial charge in [0.15, 0.2) is 12.6 Å². The number of carbonyl (C=O) groups is 2. The first-order valence-corrected chi connectivity index (χ1v) is 20.2. The van der Waals surface area contributed by atoms with Crippen molar-refractivity contribution >= 4 is 11.8 Å². The molecule has 13 nitrogen and oxygen atoms in total. The predicted molar refractivity (Wildman–Crippen MR) is 188 cm³/mol. The molecule has 20 atom stereocenters. The first-order valence-electron chi connectivity index (χ1n) is 20.2. The van der Waals surface area contributed by atoms with Crippen LogP contribution in [0.25, 0.3) is 0 Å². The zero-order chi connectivity index (χ0) is 38.4. The van der Waals surface area contributed by atoms with Gasteiger partial charge in [0.25, 0.3) is 0 Å². The number of fused-ring (bicyclic) bond motifs is 2. The van der Waals surface area contributed by atoms with Gasteiger partial charge in [-0.1, -0.05) is 27.7 Å². The van der Waals surface area contributed by atoms with Crippen molar-refractivity contribution in [3.05, 3.63) is 0 Å². The highest BCUT2D eigenvalue weighted by Gasteiger charge is 2.91. The van der Waals surface area contributed by atoms with Crippen molar-refractivity contribution in [3.8, 4) is 0 Å². The minimum absolute atomic E-state index is 0.0599. The molecule has 7 aliphatic rings. The van der Waals surface area contributed by atoms with Crippen LogP contribution in [0, 0.1) is 34.5 Å². The summed E-state index contributed by atoms with van der Waals surface area (Å²) in [6, 6.07) is 0. The molecule has 0 aromatic heterocycles. The van der Waals surface area contributed by atoms with Crippen LogP contribution in [0.4, 0.5) is 0 Å². The Hall–Kier alpha value is -1.26. The summed E-state index contributed by atoms with van der Waals surface area (Å²) in [6.07, 6.45) is -2.02. The van der Waals surface area contributed by atoms with E-state index in [9.17, 15) is 24.9 Å². The van der Waals surface area contributed by atoms with Gasteiger partial charge in [-0.05, 0) is 83.5 Å². The van der Waals surface area contributed by atoms with Crippen LogP contribution in [0.5, 0.6) is 0 Å². The number of carbonyl (C=O) groups excluding carboxylic acids is 2. The average molecular weight is 753 g/mol. The third-order valence-electron chi connectivity index (χ3n) is 15.5. The highest BCUT2D eigenvalue weighted by molar-refractivity contribution is 5.81. The Kier molecular flexibility index (Phi) is 10.8. The fourth-order valence-electron chi connectivity index (χ4n) is 12.4. The maximum atomic E-state index is 13.4. The molecular weight excluding hydrogens is 688 g/mol. The Bertz CT molecular complexity index is 1380.